The molecule has 0 spiro atoms. The highest BCUT2D eigenvalue weighted by Crippen LogP contribution is 2.32. The molecule has 2 aromatic carbocycles. The van der Waals surface area contributed by atoms with Crippen molar-refractivity contribution in [2.75, 3.05) is 0 Å². The standard InChI is InChI=1S/C17H17FN2S/c1-11-4-2-3-5-12(11)9-15(20-19)17-10-13-8-14(18)6-7-16(13)21-17/h2-8,10,15,20H,9,19H2,1H3. The van der Waals surface area contributed by atoms with Gasteiger partial charge in [-0.2, -0.15) is 0 Å². The van der Waals surface area contributed by atoms with E-state index in [9.17, 15) is 4.39 Å². The smallest absolute Gasteiger partial charge is 0.123 e. The van der Waals surface area contributed by atoms with Crippen LogP contribution in [0.25, 0.3) is 10.1 Å². The van der Waals surface area contributed by atoms with Crippen molar-refractivity contribution in [2.24, 2.45) is 5.84 Å². The maximum atomic E-state index is 13.3. The molecule has 0 bridgehead atoms. The van der Waals surface area contributed by atoms with Crippen LogP contribution >= 0.6 is 11.3 Å². The molecule has 3 aromatic rings. The Labute approximate surface area is 127 Å². The van der Waals surface area contributed by atoms with Crippen molar-refractivity contribution < 1.29 is 4.39 Å². The van der Waals surface area contributed by atoms with Gasteiger partial charge in [0, 0.05) is 9.58 Å². The van der Waals surface area contributed by atoms with Crippen LogP contribution in [0.4, 0.5) is 4.39 Å². The van der Waals surface area contributed by atoms with Crippen molar-refractivity contribution in [2.45, 2.75) is 19.4 Å². The molecule has 21 heavy (non-hydrogen) atoms. The van der Waals surface area contributed by atoms with E-state index in [-0.39, 0.29) is 11.9 Å². The monoisotopic (exact) mass is 300 g/mol. The van der Waals surface area contributed by atoms with E-state index in [1.54, 1.807) is 17.4 Å². The Hall–Kier alpha value is -1.75. The van der Waals surface area contributed by atoms with Crippen LogP contribution in [0.3, 0.4) is 0 Å². The van der Waals surface area contributed by atoms with E-state index in [4.69, 9.17) is 5.84 Å². The highest BCUT2D eigenvalue weighted by molar-refractivity contribution is 7.19. The van der Waals surface area contributed by atoms with Crippen LogP contribution < -0.4 is 11.3 Å². The van der Waals surface area contributed by atoms with Crippen molar-refractivity contribution in [3.05, 3.63) is 70.4 Å². The molecule has 0 radical (unpaired) electrons. The molecule has 2 nitrogen and oxygen atoms in total. The predicted molar refractivity (Wildman–Crippen MR) is 86.7 cm³/mol. The first-order chi connectivity index (χ1) is 10.2. The maximum absolute atomic E-state index is 13.3. The molecule has 0 aliphatic rings. The first-order valence-electron chi connectivity index (χ1n) is 6.87. The van der Waals surface area contributed by atoms with Crippen molar-refractivity contribution in [1.82, 2.24) is 5.43 Å². The van der Waals surface area contributed by atoms with Gasteiger partial charge in [-0.05, 0) is 54.1 Å². The largest absolute Gasteiger partial charge is 0.271 e. The molecule has 1 atom stereocenters. The van der Waals surface area contributed by atoms with E-state index in [0.717, 1.165) is 21.4 Å². The molecule has 1 heterocycles. The van der Waals surface area contributed by atoms with Crippen molar-refractivity contribution in [3.63, 3.8) is 0 Å². The molecule has 0 fully saturated rings. The average molecular weight is 300 g/mol. The van der Waals surface area contributed by atoms with E-state index in [2.05, 4.69) is 24.5 Å². The lowest BCUT2D eigenvalue weighted by Crippen LogP contribution is -2.29. The van der Waals surface area contributed by atoms with Crippen LogP contribution in [0.2, 0.25) is 0 Å². The molecule has 0 amide bonds. The van der Waals surface area contributed by atoms with Gasteiger partial charge in [-0.15, -0.1) is 11.3 Å². The summed E-state index contributed by atoms with van der Waals surface area (Å²) in [5, 5.41) is 0.931. The van der Waals surface area contributed by atoms with Crippen molar-refractivity contribution >= 4 is 21.4 Å². The number of nitrogens with one attached hydrogen (secondary N) is 1. The molecule has 0 aliphatic carbocycles. The number of fused-ring (bicyclic) bond motifs is 1. The Bertz CT molecular complexity index is 766. The van der Waals surface area contributed by atoms with Gasteiger partial charge >= 0.3 is 0 Å². The van der Waals surface area contributed by atoms with Crippen LogP contribution in [-0.4, -0.2) is 0 Å². The molecule has 3 rings (SSSR count). The van der Waals surface area contributed by atoms with Crippen molar-refractivity contribution in [3.8, 4) is 0 Å². The third-order valence-corrected chi connectivity index (χ3v) is 4.96. The molecule has 4 heteroatoms. The van der Waals surface area contributed by atoms with Gasteiger partial charge < -0.3 is 0 Å². The number of rotatable bonds is 4. The fourth-order valence-corrected chi connectivity index (χ4v) is 3.61. The Morgan fingerprint density at radius 3 is 2.76 bits per heavy atom. The summed E-state index contributed by atoms with van der Waals surface area (Å²) in [6, 6.07) is 15.2. The summed E-state index contributed by atoms with van der Waals surface area (Å²) in [6.45, 7) is 2.10. The third-order valence-electron chi connectivity index (χ3n) is 3.73. The number of aryl methyl sites for hydroxylation is 1. The lowest BCUT2D eigenvalue weighted by molar-refractivity contribution is 0.560. The van der Waals surface area contributed by atoms with Crippen molar-refractivity contribution in [1.29, 1.82) is 0 Å². The molecule has 0 aliphatic heterocycles. The number of hydrogen-bond acceptors (Lipinski definition) is 3. The minimum Gasteiger partial charge on any atom is -0.271 e. The van der Waals surface area contributed by atoms with E-state index in [1.807, 2.05) is 24.3 Å². The number of benzene rings is 2. The van der Waals surface area contributed by atoms with E-state index in [0.29, 0.717) is 0 Å². The van der Waals surface area contributed by atoms with Gasteiger partial charge in [-0.25, -0.2) is 4.39 Å². The fraction of sp³-hybridized carbons (Fsp3) is 0.176. The molecular formula is C17H17FN2S. The zero-order valence-electron chi connectivity index (χ0n) is 11.8. The lowest BCUT2D eigenvalue weighted by atomic mass is 10.0. The molecule has 0 saturated heterocycles. The summed E-state index contributed by atoms with van der Waals surface area (Å²) in [5.74, 6) is 5.53. The molecule has 1 unspecified atom stereocenters. The quantitative estimate of drug-likeness (QED) is 0.562. The summed E-state index contributed by atoms with van der Waals surface area (Å²) < 4.78 is 14.4. The number of nitrogens with two attached hydrogens (primary N) is 1. The SMILES string of the molecule is Cc1ccccc1CC(NN)c1cc2cc(F)ccc2s1. The van der Waals surface area contributed by atoms with Gasteiger partial charge in [0.15, 0.2) is 0 Å². The normalized spacial score (nSPS) is 12.7. The summed E-state index contributed by atoms with van der Waals surface area (Å²) in [5.41, 5.74) is 5.41. The minimum atomic E-state index is -0.206. The van der Waals surface area contributed by atoms with Gasteiger partial charge in [-0.1, -0.05) is 24.3 Å². The van der Waals surface area contributed by atoms with Gasteiger partial charge in [-0.3, -0.25) is 11.3 Å². The Morgan fingerprint density at radius 2 is 2.00 bits per heavy atom. The van der Waals surface area contributed by atoms with E-state index >= 15 is 0 Å². The Morgan fingerprint density at radius 1 is 1.19 bits per heavy atom. The summed E-state index contributed by atoms with van der Waals surface area (Å²) in [4.78, 5) is 1.13. The second-order valence-electron chi connectivity index (χ2n) is 5.18. The Kier molecular flexibility index (Phi) is 4.01. The van der Waals surface area contributed by atoms with Gasteiger partial charge in [0.1, 0.15) is 5.82 Å². The highest BCUT2D eigenvalue weighted by atomic mass is 32.1. The molecule has 108 valence electrons. The summed E-state index contributed by atoms with van der Waals surface area (Å²) in [7, 11) is 0. The van der Waals surface area contributed by atoms with Gasteiger partial charge in [0.2, 0.25) is 0 Å². The third kappa shape index (κ3) is 2.97. The number of thiophene rings is 1. The molecule has 3 N–H and O–H groups in total. The van der Waals surface area contributed by atoms with Gasteiger partial charge in [0.25, 0.3) is 0 Å². The van der Waals surface area contributed by atoms with E-state index in [1.165, 1.54) is 17.2 Å². The lowest BCUT2D eigenvalue weighted by Gasteiger charge is -2.15. The zero-order chi connectivity index (χ0) is 14.8. The first-order valence-corrected chi connectivity index (χ1v) is 7.68. The van der Waals surface area contributed by atoms with Crippen LogP contribution in [0.15, 0.2) is 48.5 Å². The van der Waals surface area contributed by atoms with Gasteiger partial charge in [0.05, 0.1) is 6.04 Å². The molecule has 0 saturated carbocycles. The zero-order valence-corrected chi connectivity index (χ0v) is 12.6. The minimum absolute atomic E-state index is 0.0339. The van der Waals surface area contributed by atoms with E-state index < -0.39 is 0 Å². The maximum Gasteiger partial charge on any atom is 0.123 e. The topological polar surface area (TPSA) is 38.0 Å². The molecular weight excluding hydrogens is 283 g/mol. The first kappa shape index (κ1) is 14.2. The van der Waals surface area contributed by atoms with Crippen LogP contribution in [0.1, 0.15) is 22.0 Å². The fourth-order valence-electron chi connectivity index (χ4n) is 2.51. The number of hydrazine groups is 1. The van der Waals surface area contributed by atoms with Crippen LogP contribution in [0, 0.1) is 12.7 Å². The number of hydrogen-bond donors (Lipinski definition) is 2. The summed E-state index contributed by atoms with van der Waals surface area (Å²) in [6.07, 6.45) is 0.818. The molecule has 1 aromatic heterocycles. The summed E-state index contributed by atoms with van der Waals surface area (Å²) >= 11 is 1.65. The number of halogens is 1. The predicted octanol–water partition coefficient (Wildman–Crippen LogP) is 4.10. The second kappa shape index (κ2) is 5.93. The average Bonchev–Trinajstić information content (AvgIpc) is 2.89. The second-order valence-corrected chi connectivity index (χ2v) is 6.30. The Balaban J connectivity index is 1.93. The van der Waals surface area contributed by atoms with Crippen LogP contribution in [0.5, 0.6) is 0 Å². The highest BCUT2D eigenvalue weighted by Gasteiger charge is 2.15. The van der Waals surface area contributed by atoms with Crippen LogP contribution in [-0.2, 0) is 6.42 Å².